The summed E-state index contributed by atoms with van der Waals surface area (Å²) in [6, 6.07) is -1.37. The molecule has 0 aromatic heterocycles. The molecule has 13 nitrogen and oxygen atoms in total. The Kier molecular flexibility index (Phi) is 10.3. The van der Waals surface area contributed by atoms with Gasteiger partial charge in [0.05, 0.1) is 13.7 Å². The van der Waals surface area contributed by atoms with Crippen LogP contribution in [0.3, 0.4) is 0 Å². The summed E-state index contributed by atoms with van der Waals surface area (Å²) in [6.07, 6.45) is -3.51. The van der Waals surface area contributed by atoms with Crippen LogP contribution in [0.15, 0.2) is 11.8 Å². The molecule has 0 bridgehead atoms. The van der Waals surface area contributed by atoms with Crippen LogP contribution in [-0.2, 0) is 52.4 Å². The van der Waals surface area contributed by atoms with Crippen molar-refractivity contribution in [1.82, 2.24) is 5.32 Å². The molecule has 0 aliphatic carbocycles. The number of rotatable bonds is 10. The summed E-state index contributed by atoms with van der Waals surface area (Å²) < 4.78 is 30.8. The molecule has 13 heteroatoms. The van der Waals surface area contributed by atoms with Crippen LogP contribution in [0.25, 0.3) is 0 Å². The second kappa shape index (κ2) is 12.2. The summed E-state index contributed by atoms with van der Waals surface area (Å²) in [7, 11) is 2.34. The standard InChI is InChI=1S/C20H29NO12/c1-10(22)21-18-17(33-14(19(26)29-6)7-20(18,27)9-28-5)16(32-13(4)25)15(31-12(3)24)8-30-11(2)23/h7,15-18,27H,8-9H2,1-6H3,(H,21,22)/t15-,16-,17+,18+,20+/m1/s1. The lowest BCUT2D eigenvalue weighted by Crippen LogP contribution is -2.67. The molecule has 1 aliphatic heterocycles. The van der Waals surface area contributed by atoms with Gasteiger partial charge in [-0.05, 0) is 0 Å². The van der Waals surface area contributed by atoms with Gasteiger partial charge in [0.25, 0.3) is 0 Å². The number of amides is 1. The molecule has 1 heterocycles. The average Bonchev–Trinajstić information content (AvgIpc) is 2.69. The topological polar surface area (TPSA) is 173 Å². The SMILES string of the molecule is COC[C@@]1(O)C=C(C(=O)OC)O[C@@H]([C@H](OC(C)=O)[C@@H](COC(C)=O)OC(C)=O)[C@@H]1NC(C)=O. The molecule has 0 spiro atoms. The van der Waals surface area contributed by atoms with Gasteiger partial charge in [0, 0.05) is 40.9 Å². The third-order valence-corrected chi connectivity index (χ3v) is 4.39. The van der Waals surface area contributed by atoms with Crippen molar-refractivity contribution in [3.05, 3.63) is 11.8 Å². The summed E-state index contributed by atoms with van der Waals surface area (Å²) in [6.45, 7) is 3.41. The van der Waals surface area contributed by atoms with Crippen molar-refractivity contribution in [3.8, 4) is 0 Å². The molecule has 1 amide bonds. The zero-order valence-electron chi connectivity index (χ0n) is 19.2. The second-order valence-electron chi connectivity index (χ2n) is 7.21. The first-order chi connectivity index (χ1) is 15.3. The summed E-state index contributed by atoms with van der Waals surface area (Å²) in [4.78, 5) is 59.1. The summed E-state index contributed by atoms with van der Waals surface area (Å²) in [5.41, 5.74) is -2.05. The summed E-state index contributed by atoms with van der Waals surface area (Å²) in [5.74, 6) is -4.45. The highest BCUT2D eigenvalue weighted by atomic mass is 16.6. The molecule has 0 unspecified atom stereocenters. The van der Waals surface area contributed by atoms with E-state index in [4.69, 9.17) is 23.7 Å². The van der Waals surface area contributed by atoms with E-state index in [-0.39, 0.29) is 0 Å². The maximum absolute atomic E-state index is 12.2. The third-order valence-electron chi connectivity index (χ3n) is 4.39. The molecule has 5 atom stereocenters. The molecule has 0 saturated heterocycles. The maximum Gasteiger partial charge on any atom is 0.373 e. The van der Waals surface area contributed by atoms with E-state index >= 15 is 0 Å². The molecular formula is C20H29NO12. The van der Waals surface area contributed by atoms with Crippen molar-refractivity contribution >= 4 is 29.8 Å². The molecule has 1 rings (SSSR count). The normalized spacial score (nSPS) is 23.7. The molecule has 2 N–H and O–H groups in total. The first-order valence-corrected chi connectivity index (χ1v) is 9.78. The Bertz CT molecular complexity index is 794. The van der Waals surface area contributed by atoms with E-state index in [1.807, 2.05) is 0 Å². The Morgan fingerprint density at radius 3 is 2.12 bits per heavy atom. The van der Waals surface area contributed by atoms with Crippen molar-refractivity contribution in [2.45, 2.75) is 57.6 Å². The number of carbonyl (C=O) groups excluding carboxylic acids is 5. The first kappa shape index (κ1) is 27.8. The Labute approximate surface area is 190 Å². The molecule has 0 fully saturated rings. The van der Waals surface area contributed by atoms with E-state index in [1.54, 1.807) is 0 Å². The van der Waals surface area contributed by atoms with Crippen LogP contribution in [0, 0.1) is 0 Å². The molecule has 33 heavy (non-hydrogen) atoms. The van der Waals surface area contributed by atoms with Crippen molar-refractivity contribution in [3.63, 3.8) is 0 Å². The molecular weight excluding hydrogens is 446 g/mol. The number of esters is 4. The molecule has 0 saturated carbocycles. The second-order valence-corrected chi connectivity index (χ2v) is 7.21. The number of ether oxygens (including phenoxy) is 6. The van der Waals surface area contributed by atoms with Crippen LogP contribution in [0.4, 0.5) is 0 Å². The fourth-order valence-corrected chi connectivity index (χ4v) is 3.26. The Balaban J connectivity index is 3.64. The highest BCUT2D eigenvalue weighted by molar-refractivity contribution is 5.87. The largest absolute Gasteiger partial charge is 0.477 e. The molecule has 0 aromatic carbocycles. The van der Waals surface area contributed by atoms with E-state index in [0.717, 1.165) is 40.9 Å². The van der Waals surface area contributed by atoms with Crippen LogP contribution in [0.2, 0.25) is 0 Å². The Hall–Kier alpha value is -3.19. The number of hydrogen-bond acceptors (Lipinski definition) is 12. The number of carbonyl (C=O) groups is 5. The van der Waals surface area contributed by atoms with E-state index < -0.39 is 78.7 Å². The van der Waals surface area contributed by atoms with Crippen LogP contribution < -0.4 is 5.32 Å². The number of methoxy groups -OCH3 is 2. The number of aliphatic hydroxyl groups is 1. The van der Waals surface area contributed by atoms with E-state index in [0.29, 0.717) is 0 Å². The van der Waals surface area contributed by atoms with Gasteiger partial charge in [-0.1, -0.05) is 0 Å². The smallest absolute Gasteiger partial charge is 0.373 e. The minimum atomic E-state index is -2.05. The Morgan fingerprint density at radius 1 is 1.06 bits per heavy atom. The third kappa shape index (κ3) is 8.02. The Morgan fingerprint density at radius 2 is 1.67 bits per heavy atom. The van der Waals surface area contributed by atoms with Gasteiger partial charge in [0.15, 0.2) is 18.3 Å². The molecule has 0 radical (unpaired) electrons. The van der Waals surface area contributed by atoms with E-state index in [2.05, 4.69) is 10.1 Å². The lowest BCUT2D eigenvalue weighted by Gasteiger charge is -2.45. The van der Waals surface area contributed by atoms with Crippen LogP contribution in [0.1, 0.15) is 27.7 Å². The molecule has 0 aromatic rings. The van der Waals surface area contributed by atoms with E-state index in [9.17, 15) is 29.1 Å². The van der Waals surface area contributed by atoms with Crippen LogP contribution in [0.5, 0.6) is 0 Å². The van der Waals surface area contributed by atoms with Gasteiger partial charge in [-0.15, -0.1) is 0 Å². The first-order valence-electron chi connectivity index (χ1n) is 9.78. The molecule has 1 aliphatic rings. The lowest BCUT2D eigenvalue weighted by molar-refractivity contribution is -0.196. The van der Waals surface area contributed by atoms with Gasteiger partial charge in [0.2, 0.25) is 11.7 Å². The van der Waals surface area contributed by atoms with Crippen molar-refractivity contribution in [2.24, 2.45) is 0 Å². The van der Waals surface area contributed by atoms with Gasteiger partial charge in [-0.3, -0.25) is 19.2 Å². The van der Waals surface area contributed by atoms with E-state index in [1.165, 1.54) is 7.11 Å². The van der Waals surface area contributed by atoms with Crippen molar-refractivity contribution in [1.29, 1.82) is 0 Å². The van der Waals surface area contributed by atoms with Gasteiger partial charge >= 0.3 is 23.9 Å². The molecule has 186 valence electrons. The van der Waals surface area contributed by atoms with Gasteiger partial charge in [-0.25, -0.2) is 4.79 Å². The predicted molar refractivity (Wildman–Crippen MR) is 107 cm³/mol. The zero-order chi connectivity index (χ0) is 25.3. The van der Waals surface area contributed by atoms with Gasteiger partial charge in [-0.2, -0.15) is 0 Å². The highest BCUT2D eigenvalue weighted by Gasteiger charge is 2.53. The predicted octanol–water partition coefficient (Wildman–Crippen LogP) is -1.25. The van der Waals surface area contributed by atoms with Crippen molar-refractivity contribution in [2.75, 3.05) is 27.4 Å². The summed E-state index contributed by atoms with van der Waals surface area (Å²) >= 11 is 0. The highest BCUT2D eigenvalue weighted by Crippen LogP contribution is 2.32. The van der Waals surface area contributed by atoms with Gasteiger partial charge in [0.1, 0.15) is 18.2 Å². The monoisotopic (exact) mass is 475 g/mol. The average molecular weight is 475 g/mol. The maximum atomic E-state index is 12.2. The summed E-state index contributed by atoms with van der Waals surface area (Å²) in [5, 5.41) is 13.8. The van der Waals surface area contributed by atoms with Crippen molar-refractivity contribution < 1.29 is 57.5 Å². The fourth-order valence-electron chi connectivity index (χ4n) is 3.26. The van der Waals surface area contributed by atoms with Crippen LogP contribution >= 0.6 is 0 Å². The number of nitrogens with one attached hydrogen (secondary N) is 1. The minimum absolute atomic E-state index is 0.423. The lowest BCUT2D eigenvalue weighted by atomic mass is 9.83. The number of hydrogen-bond donors (Lipinski definition) is 2. The quantitative estimate of drug-likeness (QED) is 0.284. The zero-order valence-corrected chi connectivity index (χ0v) is 19.2. The minimum Gasteiger partial charge on any atom is -0.477 e. The van der Waals surface area contributed by atoms with Gasteiger partial charge < -0.3 is 38.8 Å². The fraction of sp³-hybridized carbons (Fsp3) is 0.650. The van der Waals surface area contributed by atoms with Crippen LogP contribution in [-0.4, -0.2) is 92.3 Å².